The smallest absolute Gasteiger partial charge is 0.224 e. The molecule has 1 rings (SSSR count). The molecule has 19 heavy (non-hydrogen) atoms. The van der Waals surface area contributed by atoms with Gasteiger partial charge in [0.2, 0.25) is 5.91 Å². The zero-order valence-corrected chi connectivity index (χ0v) is 12.0. The predicted octanol–water partition coefficient (Wildman–Crippen LogP) is 2.51. The third-order valence-electron chi connectivity index (χ3n) is 2.80. The minimum atomic E-state index is -0.462. The second kappa shape index (κ2) is 7.46. The highest BCUT2D eigenvalue weighted by Gasteiger charge is 2.15. The van der Waals surface area contributed by atoms with Crippen LogP contribution in [0.4, 0.5) is 4.39 Å². The first kappa shape index (κ1) is 15.9. The number of hydrogen-bond acceptors (Lipinski definition) is 2. The lowest BCUT2D eigenvalue weighted by atomic mass is 10.0. The van der Waals surface area contributed by atoms with Crippen LogP contribution in [0.1, 0.15) is 25.8 Å². The first-order valence-corrected chi connectivity index (χ1v) is 6.74. The van der Waals surface area contributed by atoms with Gasteiger partial charge in [0.05, 0.1) is 6.42 Å². The van der Waals surface area contributed by atoms with Crippen LogP contribution in [0.2, 0.25) is 5.02 Å². The maximum Gasteiger partial charge on any atom is 0.224 e. The fourth-order valence-electron chi connectivity index (χ4n) is 1.92. The quantitative estimate of drug-likeness (QED) is 0.844. The van der Waals surface area contributed by atoms with E-state index in [0.717, 1.165) is 6.42 Å². The molecule has 3 nitrogen and oxygen atoms in total. The highest BCUT2D eigenvalue weighted by molar-refractivity contribution is 6.31. The Kier molecular flexibility index (Phi) is 6.25. The van der Waals surface area contributed by atoms with Crippen LogP contribution in [0.25, 0.3) is 0 Å². The minimum Gasteiger partial charge on any atom is -0.352 e. The van der Waals surface area contributed by atoms with Crippen molar-refractivity contribution in [3.8, 4) is 0 Å². The Bertz CT molecular complexity index is 417. The molecule has 0 aliphatic heterocycles. The molecule has 106 valence electrons. The summed E-state index contributed by atoms with van der Waals surface area (Å²) in [5, 5.41) is 3.08. The molecule has 1 unspecified atom stereocenters. The van der Waals surface area contributed by atoms with Crippen molar-refractivity contribution >= 4 is 17.5 Å². The third kappa shape index (κ3) is 5.17. The Hall–Kier alpha value is -1.13. The number of nitrogens with one attached hydrogen (secondary N) is 1. The van der Waals surface area contributed by atoms with Crippen LogP contribution in [0.3, 0.4) is 0 Å². The van der Waals surface area contributed by atoms with Gasteiger partial charge in [-0.25, -0.2) is 4.39 Å². The fourth-order valence-corrected chi connectivity index (χ4v) is 2.15. The Morgan fingerprint density at radius 3 is 2.68 bits per heavy atom. The summed E-state index contributed by atoms with van der Waals surface area (Å²) >= 11 is 5.88. The molecule has 5 heteroatoms. The van der Waals surface area contributed by atoms with Crippen molar-refractivity contribution in [2.24, 2.45) is 11.7 Å². The molecular formula is C14H20ClFN2O. The summed E-state index contributed by atoms with van der Waals surface area (Å²) in [7, 11) is 0. The Morgan fingerprint density at radius 2 is 2.16 bits per heavy atom. The molecule has 0 heterocycles. The number of carbonyl (C=O) groups is 1. The number of halogens is 2. The van der Waals surface area contributed by atoms with Gasteiger partial charge in [0.15, 0.2) is 0 Å². The van der Waals surface area contributed by atoms with E-state index in [4.69, 9.17) is 17.3 Å². The van der Waals surface area contributed by atoms with E-state index < -0.39 is 5.82 Å². The van der Waals surface area contributed by atoms with Gasteiger partial charge in [-0.2, -0.15) is 0 Å². The van der Waals surface area contributed by atoms with E-state index in [1.165, 1.54) is 12.1 Å². The summed E-state index contributed by atoms with van der Waals surface area (Å²) in [6, 6.07) is 4.30. The van der Waals surface area contributed by atoms with Crippen molar-refractivity contribution in [3.05, 3.63) is 34.6 Å². The highest BCUT2D eigenvalue weighted by atomic mass is 35.5. The molecule has 1 aromatic carbocycles. The van der Waals surface area contributed by atoms with Gasteiger partial charge >= 0.3 is 0 Å². The van der Waals surface area contributed by atoms with Crippen LogP contribution in [0, 0.1) is 11.7 Å². The standard InChI is InChI=1S/C14H20ClFN2O/c1-9(2)6-10(8-17)18-14(19)7-11-12(15)4-3-5-13(11)16/h3-5,9-10H,6-8,17H2,1-2H3,(H,18,19). The second-order valence-electron chi connectivity index (χ2n) is 5.01. The van der Waals surface area contributed by atoms with Gasteiger partial charge in [0.1, 0.15) is 5.82 Å². The Labute approximate surface area is 118 Å². The normalized spacial score (nSPS) is 12.5. The monoisotopic (exact) mass is 286 g/mol. The lowest BCUT2D eigenvalue weighted by Crippen LogP contribution is -2.41. The van der Waals surface area contributed by atoms with Crippen molar-refractivity contribution in [1.29, 1.82) is 0 Å². The molecule has 0 radical (unpaired) electrons. The summed E-state index contributed by atoms with van der Waals surface area (Å²) in [6.45, 7) is 4.49. The molecule has 3 N–H and O–H groups in total. The van der Waals surface area contributed by atoms with Crippen LogP contribution in [-0.2, 0) is 11.2 Å². The molecule has 1 aromatic rings. The van der Waals surface area contributed by atoms with E-state index in [2.05, 4.69) is 19.2 Å². The maximum absolute atomic E-state index is 13.6. The van der Waals surface area contributed by atoms with Gasteiger partial charge < -0.3 is 11.1 Å². The van der Waals surface area contributed by atoms with Crippen molar-refractivity contribution < 1.29 is 9.18 Å². The zero-order chi connectivity index (χ0) is 14.4. The molecule has 0 aromatic heterocycles. The lowest BCUT2D eigenvalue weighted by molar-refractivity contribution is -0.121. The van der Waals surface area contributed by atoms with E-state index in [1.54, 1.807) is 6.07 Å². The van der Waals surface area contributed by atoms with Gasteiger partial charge in [-0.05, 0) is 24.5 Å². The SMILES string of the molecule is CC(C)CC(CN)NC(=O)Cc1c(F)cccc1Cl. The number of benzene rings is 1. The van der Waals surface area contributed by atoms with Crippen LogP contribution in [0.15, 0.2) is 18.2 Å². The first-order chi connectivity index (χ1) is 8.93. The molecule has 0 aliphatic rings. The molecular weight excluding hydrogens is 267 g/mol. The number of carbonyl (C=O) groups excluding carboxylic acids is 1. The predicted molar refractivity (Wildman–Crippen MR) is 75.6 cm³/mol. The van der Waals surface area contributed by atoms with Crippen molar-refractivity contribution in [3.63, 3.8) is 0 Å². The van der Waals surface area contributed by atoms with E-state index in [0.29, 0.717) is 12.5 Å². The van der Waals surface area contributed by atoms with Gasteiger partial charge in [0, 0.05) is 23.2 Å². The Morgan fingerprint density at radius 1 is 1.47 bits per heavy atom. The molecule has 0 saturated carbocycles. The number of nitrogens with two attached hydrogens (primary N) is 1. The summed E-state index contributed by atoms with van der Waals surface area (Å²) in [4.78, 5) is 11.9. The maximum atomic E-state index is 13.6. The molecule has 0 saturated heterocycles. The molecule has 0 fully saturated rings. The van der Waals surface area contributed by atoms with Crippen molar-refractivity contribution in [1.82, 2.24) is 5.32 Å². The number of amides is 1. The van der Waals surface area contributed by atoms with Crippen LogP contribution in [-0.4, -0.2) is 18.5 Å². The van der Waals surface area contributed by atoms with E-state index in [-0.39, 0.29) is 29.0 Å². The molecule has 0 spiro atoms. The molecule has 1 amide bonds. The van der Waals surface area contributed by atoms with Crippen molar-refractivity contribution in [2.75, 3.05) is 6.54 Å². The molecule has 0 bridgehead atoms. The number of rotatable bonds is 6. The van der Waals surface area contributed by atoms with E-state index >= 15 is 0 Å². The summed E-state index contributed by atoms with van der Waals surface area (Å²) in [5.74, 6) is -0.287. The average Bonchev–Trinajstić information content (AvgIpc) is 2.32. The molecule has 0 aliphatic carbocycles. The fraction of sp³-hybridized carbons (Fsp3) is 0.500. The molecule has 1 atom stereocenters. The Balaban J connectivity index is 2.64. The van der Waals surface area contributed by atoms with Crippen LogP contribution >= 0.6 is 11.6 Å². The third-order valence-corrected chi connectivity index (χ3v) is 3.16. The average molecular weight is 287 g/mol. The summed E-state index contributed by atoms with van der Waals surface area (Å²) in [5.41, 5.74) is 5.83. The van der Waals surface area contributed by atoms with E-state index in [1.807, 2.05) is 0 Å². The minimum absolute atomic E-state index is 0.0693. The second-order valence-corrected chi connectivity index (χ2v) is 5.41. The summed E-state index contributed by atoms with van der Waals surface area (Å²) < 4.78 is 13.6. The van der Waals surface area contributed by atoms with Gasteiger partial charge in [-0.1, -0.05) is 31.5 Å². The zero-order valence-electron chi connectivity index (χ0n) is 11.2. The topological polar surface area (TPSA) is 55.1 Å². The van der Waals surface area contributed by atoms with Gasteiger partial charge in [-0.3, -0.25) is 4.79 Å². The summed E-state index contributed by atoms with van der Waals surface area (Å²) in [6.07, 6.45) is 0.730. The number of hydrogen-bond donors (Lipinski definition) is 2. The van der Waals surface area contributed by atoms with Gasteiger partial charge in [-0.15, -0.1) is 0 Å². The first-order valence-electron chi connectivity index (χ1n) is 6.36. The van der Waals surface area contributed by atoms with Crippen LogP contribution in [0.5, 0.6) is 0 Å². The van der Waals surface area contributed by atoms with Crippen LogP contribution < -0.4 is 11.1 Å². The van der Waals surface area contributed by atoms with Gasteiger partial charge in [0.25, 0.3) is 0 Å². The van der Waals surface area contributed by atoms with E-state index in [9.17, 15) is 9.18 Å². The largest absolute Gasteiger partial charge is 0.352 e. The van der Waals surface area contributed by atoms with Crippen molar-refractivity contribution in [2.45, 2.75) is 32.7 Å². The highest BCUT2D eigenvalue weighted by Crippen LogP contribution is 2.19. The lowest BCUT2D eigenvalue weighted by Gasteiger charge is -2.19.